The van der Waals surface area contributed by atoms with Gasteiger partial charge in [-0.05, 0) is 12.1 Å². The topological polar surface area (TPSA) is 128 Å². The third-order valence-electron chi connectivity index (χ3n) is 2.32. The van der Waals surface area contributed by atoms with Crippen molar-refractivity contribution in [3.8, 4) is 11.8 Å². The van der Waals surface area contributed by atoms with E-state index in [9.17, 15) is 14.4 Å². The first-order chi connectivity index (χ1) is 10.1. The van der Waals surface area contributed by atoms with E-state index in [1.54, 1.807) is 6.07 Å². The van der Waals surface area contributed by atoms with Crippen LogP contribution in [0.3, 0.4) is 0 Å². The molecule has 0 radical (unpaired) electrons. The van der Waals surface area contributed by atoms with Crippen molar-refractivity contribution in [3.63, 3.8) is 0 Å². The van der Waals surface area contributed by atoms with E-state index in [4.69, 9.17) is 5.11 Å². The van der Waals surface area contributed by atoms with Crippen LogP contribution in [0.15, 0.2) is 34.0 Å². The van der Waals surface area contributed by atoms with Gasteiger partial charge in [-0.1, -0.05) is 11.8 Å². The summed E-state index contributed by atoms with van der Waals surface area (Å²) in [5.41, 5.74) is -1.09. The summed E-state index contributed by atoms with van der Waals surface area (Å²) in [6.45, 7) is -0.280. The second-order valence-corrected chi connectivity index (χ2v) is 3.85. The summed E-state index contributed by atoms with van der Waals surface area (Å²) in [5.74, 6) is 4.64. The molecule has 0 unspecified atom stereocenters. The van der Waals surface area contributed by atoms with Crippen LogP contribution in [0.2, 0.25) is 0 Å². The highest BCUT2D eigenvalue weighted by Crippen LogP contribution is 2.06. The predicted molar refractivity (Wildman–Crippen MR) is 73.8 cm³/mol. The Morgan fingerprint density at radius 3 is 2.86 bits per heavy atom. The Bertz CT molecular complexity index is 813. The maximum atomic E-state index is 11.9. The summed E-state index contributed by atoms with van der Waals surface area (Å²) in [4.78, 5) is 42.2. The van der Waals surface area contributed by atoms with Crippen molar-refractivity contribution in [2.75, 3.05) is 11.9 Å². The molecule has 0 fully saturated rings. The quantitative estimate of drug-likeness (QED) is 0.529. The van der Waals surface area contributed by atoms with Gasteiger partial charge in [-0.2, -0.15) is 0 Å². The molecule has 8 heteroatoms. The molecule has 0 saturated heterocycles. The van der Waals surface area contributed by atoms with Crippen LogP contribution < -0.4 is 16.6 Å². The lowest BCUT2D eigenvalue weighted by molar-refractivity contribution is 0.102. The lowest BCUT2D eigenvalue weighted by Gasteiger charge is -2.04. The maximum Gasteiger partial charge on any atom is 0.326 e. The number of pyridine rings is 1. The molecule has 0 saturated carbocycles. The minimum absolute atomic E-state index is 0.183. The Morgan fingerprint density at radius 2 is 2.14 bits per heavy atom. The van der Waals surface area contributed by atoms with Gasteiger partial charge in [-0.25, -0.2) is 9.78 Å². The number of aromatic nitrogens is 3. The van der Waals surface area contributed by atoms with E-state index in [0.29, 0.717) is 5.56 Å². The van der Waals surface area contributed by atoms with Crippen molar-refractivity contribution >= 4 is 11.7 Å². The second kappa shape index (κ2) is 6.31. The number of carbonyl (C=O) groups excluding carboxylic acids is 1. The van der Waals surface area contributed by atoms with Crippen molar-refractivity contribution in [2.45, 2.75) is 0 Å². The number of aliphatic hydroxyl groups excluding tert-OH is 1. The number of rotatable bonds is 2. The first kappa shape index (κ1) is 14.2. The summed E-state index contributed by atoms with van der Waals surface area (Å²) in [5, 5.41) is 11.0. The molecule has 2 rings (SSSR count). The van der Waals surface area contributed by atoms with Gasteiger partial charge in [0.2, 0.25) is 0 Å². The number of nitrogens with one attached hydrogen (secondary N) is 3. The standard InChI is InChI=1S/C13H10N4O4/c18-5-1-2-8-3-4-14-10(6-8)16-12(20)9-7-11(19)17-13(21)15-9/h3-4,6-7,18H,5H2,(H,14,16,20)(H2,15,17,19,21). The highest BCUT2D eigenvalue weighted by molar-refractivity contribution is 6.02. The average molecular weight is 286 g/mol. The van der Waals surface area contributed by atoms with Gasteiger partial charge in [0, 0.05) is 17.8 Å². The molecule has 0 aliphatic carbocycles. The van der Waals surface area contributed by atoms with Gasteiger partial charge in [-0.3, -0.25) is 14.6 Å². The van der Waals surface area contributed by atoms with E-state index in [2.05, 4.69) is 27.1 Å². The molecule has 106 valence electrons. The molecule has 0 atom stereocenters. The summed E-state index contributed by atoms with van der Waals surface area (Å²) < 4.78 is 0. The number of H-pyrrole nitrogens is 2. The van der Waals surface area contributed by atoms with Crippen LogP contribution in [0, 0.1) is 11.8 Å². The normalized spacial score (nSPS) is 9.57. The highest BCUT2D eigenvalue weighted by atomic mass is 16.2. The number of hydrogen-bond donors (Lipinski definition) is 4. The summed E-state index contributed by atoms with van der Waals surface area (Å²) in [6, 6.07) is 4.06. The SMILES string of the molecule is O=C(Nc1cc(C#CCO)ccn1)c1cc(=O)[nH]c(=O)[nH]1. The number of hydrogen-bond acceptors (Lipinski definition) is 5. The second-order valence-electron chi connectivity index (χ2n) is 3.85. The van der Waals surface area contributed by atoms with Crippen molar-refractivity contribution in [3.05, 3.63) is 56.5 Å². The molecule has 0 aliphatic heterocycles. The Balaban J connectivity index is 2.23. The zero-order valence-corrected chi connectivity index (χ0v) is 10.6. The summed E-state index contributed by atoms with van der Waals surface area (Å²) in [6.07, 6.45) is 1.43. The first-order valence-corrected chi connectivity index (χ1v) is 5.79. The maximum absolute atomic E-state index is 11.9. The Hall–Kier alpha value is -3.18. The van der Waals surface area contributed by atoms with Crippen molar-refractivity contribution in [1.82, 2.24) is 15.0 Å². The molecule has 2 aromatic rings. The lowest BCUT2D eigenvalue weighted by Crippen LogP contribution is -2.27. The number of amides is 1. The smallest absolute Gasteiger partial charge is 0.326 e. The molecule has 1 amide bonds. The van der Waals surface area contributed by atoms with Crippen LogP contribution in [0.5, 0.6) is 0 Å². The van der Waals surface area contributed by atoms with E-state index in [1.807, 2.05) is 4.98 Å². The highest BCUT2D eigenvalue weighted by Gasteiger charge is 2.09. The predicted octanol–water partition coefficient (Wildman–Crippen LogP) is -0.946. The van der Waals surface area contributed by atoms with E-state index in [-0.39, 0.29) is 18.1 Å². The first-order valence-electron chi connectivity index (χ1n) is 5.79. The third kappa shape index (κ3) is 3.89. The molecular weight excluding hydrogens is 276 g/mol. The molecule has 8 nitrogen and oxygen atoms in total. The van der Waals surface area contributed by atoms with Gasteiger partial charge in [-0.15, -0.1) is 0 Å². The van der Waals surface area contributed by atoms with Crippen LogP contribution >= 0.6 is 0 Å². The van der Waals surface area contributed by atoms with Crippen molar-refractivity contribution in [1.29, 1.82) is 0 Å². The number of anilines is 1. The largest absolute Gasteiger partial charge is 0.384 e. The molecular formula is C13H10N4O4. The van der Waals surface area contributed by atoms with E-state index < -0.39 is 17.2 Å². The fourth-order valence-electron chi connectivity index (χ4n) is 1.49. The van der Waals surface area contributed by atoms with Crippen LogP contribution in [-0.4, -0.2) is 32.6 Å². The van der Waals surface area contributed by atoms with Gasteiger partial charge >= 0.3 is 5.69 Å². The molecule has 0 bridgehead atoms. The van der Waals surface area contributed by atoms with Gasteiger partial charge in [0.15, 0.2) is 0 Å². The molecule has 0 aromatic carbocycles. The Kier molecular flexibility index (Phi) is 4.28. The summed E-state index contributed by atoms with van der Waals surface area (Å²) in [7, 11) is 0. The van der Waals surface area contributed by atoms with Gasteiger partial charge in [0.1, 0.15) is 18.1 Å². The Labute approximate surface area is 117 Å². The minimum Gasteiger partial charge on any atom is -0.384 e. The minimum atomic E-state index is -0.775. The van der Waals surface area contributed by atoms with Crippen LogP contribution in [0.1, 0.15) is 16.1 Å². The Morgan fingerprint density at radius 1 is 1.33 bits per heavy atom. The van der Waals surface area contributed by atoms with Crippen LogP contribution in [-0.2, 0) is 0 Å². The van der Waals surface area contributed by atoms with Gasteiger partial charge < -0.3 is 15.4 Å². The summed E-state index contributed by atoms with van der Waals surface area (Å²) >= 11 is 0. The third-order valence-corrected chi connectivity index (χ3v) is 2.32. The molecule has 2 aromatic heterocycles. The van der Waals surface area contributed by atoms with Crippen LogP contribution in [0.4, 0.5) is 5.82 Å². The lowest BCUT2D eigenvalue weighted by atomic mass is 10.2. The molecule has 2 heterocycles. The zero-order chi connectivity index (χ0) is 15.2. The van der Waals surface area contributed by atoms with Crippen LogP contribution in [0.25, 0.3) is 0 Å². The van der Waals surface area contributed by atoms with E-state index in [0.717, 1.165) is 6.07 Å². The fourth-order valence-corrected chi connectivity index (χ4v) is 1.49. The fraction of sp³-hybridized carbons (Fsp3) is 0.0769. The van der Waals surface area contributed by atoms with Gasteiger partial charge in [0.25, 0.3) is 11.5 Å². The number of nitrogens with zero attached hydrogens (tertiary/aromatic N) is 1. The van der Waals surface area contributed by atoms with E-state index >= 15 is 0 Å². The average Bonchev–Trinajstić information content (AvgIpc) is 2.44. The van der Waals surface area contributed by atoms with Crippen molar-refractivity contribution < 1.29 is 9.90 Å². The number of aliphatic hydroxyl groups is 1. The zero-order valence-electron chi connectivity index (χ0n) is 10.6. The number of aromatic amines is 2. The van der Waals surface area contributed by atoms with Crippen molar-refractivity contribution in [2.24, 2.45) is 0 Å². The number of carbonyl (C=O) groups is 1. The molecule has 0 spiro atoms. The van der Waals surface area contributed by atoms with E-state index in [1.165, 1.54) is 12.3 Å². The molecule has 0 aliphatic rings. The molecule has 4 N–H and O–H groups in total. The van der Waals surface area contributed by atoms with Gasteiger partial charge in [0.05, 0.1) is 0 Å². The monoisotopic (exact) mass is 286 g/mol. The molecule has 21 heavy (non-hydrogen) atoms.